The van der Waals surface area contributed by atoms with Crippen LogP contribution in [0.4, 0.5) is 0 Å². The second-order valence-corrected chi connectivity index (χ2v) is 5.24. The van der Waals surface area contributed by atoms with E-state index in [1.54, 1.807) is 0 Å². The summed E-state index contributed by atoms with van der Waals surface area (Å²) in [6.07, 6.45) is 2.91. The Hall–Kier alpha value is -2.35. The van der Waals surface area contributed by atoms with Crippen molar-refractivity contribution in [3.8, 4) is 0 Å². The molecule has 1 atom stereocenters. The van der Waals surface area contributed by atoms with Crippen LogP contribution in [-0.4, -0.2) is 31.9 Å². The van der Waals surface area contributed by atoms with Crippen LogP contribution >= 0.6 is 11.3 Å². The Bertz CT molecular complexity index is 654. The van der Waals surface area contributed by atoms with Gasteiger partial charge >= 0.3 is 5.97 Å². The molecule has 8 heteroatoms. The monoisotopic (exact) mass is 306 g/mol. The fraction of sp³-hybridized carbons (Fsp3) is 0.308. The highest BCUT2D eigenvalue weighted by atomic mass is 32.1. The van der Waals surface area contributed by atoms with E-state index >= 15 is 0 Å². The van der Waals surface area contributed by atoms with Gasteiger partial charge in [-0.15, -0.1) is 11.3 Å². The lowest BCUT2D eigenvalue weighted by Crippen LogP contribution is -2.29. The molecule has 2 heterocycles. The lowest BCUT2D eigenvalue weighted by molar-refractivity contribution is 0.0689. The third kappa shape index (κ3) is 3.60. The smallest absolute Gasteiger partial charge is 0.356 e. The van der Waals surface area contributed by atoms with Crippen molar-refractivity contribution >= 4 is 23.2 Å². The number of aromatic nitrogens is 3. The normalized spacial score (nSPS) is 11.9. The van der Waals surface area contributed by atoms with Crippen LogP contribution < -0.4 is 5.32 Å². The first-order valence-electron chi connectivity index (χ1n) is 6.29. The summed E-state index contributed by atoms with van der Waals surface area (Å²) in [6.45, 7) is 3.84. The van der Waals surface area contributed by atoms with E-state index in [2.05, 4.69) is 20.3 Å². The number of aryl methyl sites for hydroxylation is 1. The topological polar surface area (TPSA) is 105 Å². The Labute approximate surface area is 125 Å². The number of nitrogens with zero attached hydrogens (tertiary/aromatic N) is 3. The van der Waals surface area contributed by atoms with Crippen LogP contribution in [-0.2, 0) is 0 Å². The van der Waals surface area contributed by atoms with E-state index in [1.807, 2.05) is 19.2 Å². The zero-order valence-electron chi connectivity index (χ0n) is 11.5. The van der Waals surface area contributed by atoms with Crippen molar-refractivity contribution in [3.05, 3.63) is 39.9 Å². The van der Waals surface area contributed by atoms with Crippen molar-refractivity contribution in [2.45, 2.75) is 26.3 Å². The van der Waals surface area contributed by atoms with E-state index in [1.165, 1.54) is 11.3 Å². The SMILES string of the molecule is CCC(NC(=O)c1cnc(C(=O)O)cn1)c1nc(C)cs1. The molecular weight excluding hydrogens is 292 g/mol. The predicted octanol–water partition coefficient (Wildman–Crippen LogP) is 1.82. The maximum absolute atomic E-state index is 12.1. The zero-order valence-corrected chi connectivity index (χ0v) is 12.3. The lowest BCUT2D eigenvalue weighted by atomic mass is 10.2. The van der Waals surface area contributed by atoms with E-state index in [9.17, 15) is 9.59 Å². The number of carboxylic acids is 1. The van der Waals surface area contributed by atoms with Crippen molar-refractivity contribution in [1.29, 1.82) is 0 Å². The molecule has 0 spiro atoms. The predicted molar refractivity (Wildman–Crippen MR) is 76.3 cm³/mol. The first kappa shape index (κ1) is 15.0. The zero-order chi connectivity index (χ0) is 15.4. The summed E-state index contributed by atoms with van der Waals surface area (Å²) in [5, 5.41) is 14.3. The molecule has 21 heavy (non-hydrogen) atoms. The summed E-state index contributed by atoms with van der Waals surface area (Å²) >= 11 is 1.49. The number of hydrogen-bond acceptors (Lipinski definition) is 6. The number of rotatable bonds is 5. The number of thiazole rings is 1. The van der Waals surface area contributed by atoms with Crippen LogP contribution in [0.5, 0.6) is 0 Å². The van der Waals surface area contributed by atoms with Crippen LogP contribution in [0.15, 0.2) is 17.8 Å². The summed E-state index contributed by atoms with van der Waals surface area (Å²) in [7, 11) is 0. The van der Waals surface area contributed by atoms with Gasteiger partial charge in [0.25, 0.3) is 5.91 Å². The van der Waals surface area contributed by atoms with Crippen molar-refractivity contribution in [3.63, 3.8) is 0 Å². The Balaban J connectivity index is 2.10. The molecule has 0 bridgehead atoms. The highest BCUT2D eigenvalue weighted by Crippen LogP contribution is 2.21. The first-order valence-corrected chi connectivity index (χ1v) is 7.17. The van der Waals surface area contributed by atoms with Gasteiger partial charge in [-0.1, -0.05) is 6.92 Å². The van der Waals surface area contributed by atoms with E-state index < -0.39 is 11.9 Å². The standard InChI is InChI=1S/C13H14N4O3S/c1-3-8(12-16-7(2)6-21-12)17-11(18)9-4-15-10(5-14-9)13(19)20/h4-6,8H,3H2,1-2H3,(H,17,18)(H,19,20). The van der Waals surface area contributed by atoms with Crippen molar-refractivity contribution < 1.29 is 14.7 Å². The maximum Gasteiger partial charge on any atom is 0.356 e. The molecule has 2 aromatic rings. The van der Waals surface area contributed by atoms with Gasteiger partial charge in [0.05, 0.1) is 18.4 Å². The van der Waals surface area contributed by atoms with Crippen molar-refractivity contribution in [2.24, 2.45) is 0 Å². The van der Waals surface area contributed by atoms with Crippen LogP contribution in [0.25, 0.3) is 0 Å². The van der Waals surface area contributed by atoms with Gasteiger partial charge in [0.15, 0.2) is 5.69 Å². The highest BCUT2D eigenvalue weighted by Gasteiger charge is 2.18. The third-order valence-corrected chi connectivity index (χ3v) is 3.83. The van der Waals surface area contributed by atoms with E-state index in [-0.39, 0.29) is 17.4 Å². The fourth-order valence-corrected chi connectivity index (χ4v) is 2.59. The molecule has 0 fully saturated rings. The molecule has 0 aliphatic carbocycles. The molecule has 1 unspecified atom stereocenters. The van der Waals surface area contributed by atoms with Crippen LogP contribution in [0.1, 0.15) is 51.1 Å². The second kappa shape index (κ2) is 6.40. The molecule has 0 aromatic carbocycles. The van der Waals surface area contributed by atoms with Gasteiger partial charge in [0.2, 0.25) is 0 Å². The number of carbonyl (C=O) groups is 2. The molecule has 110 valence electrons. The average Bonchev–Trinajstić information content (AvgIpc) is 2.91. The van der Waals surface area contributed by atoms with Gasteiger partial charge in [-0.05, 0) is 13.3 Å². The fourth-order valence-electron chi connectivity index (χ4n) is 1.66. The number of carbonyl (C=O) groups excluding carboxylic acids is 1. The molecule has 2 rings (SSSR count). The van der Waals surface area contributed by atoms with Crippen molar-refractivity contribution in [2.75, 3.05) is 0 Å². The van der Waals surface area contributed by atoms with E-state index in [0.29, 0.717) is 6.42 Å². The van der Waals surface area contributed by atoms with Gasteiger partial charge < -0.3 is 10.4 Å². The van der Waals surface area contributed by atoms with Crippen LogP contribution in [0.3, 0.4) is 0 Å². The van der Waals surface area contributed by atoms with E-state index in [4.69, 9.17) is 5.11 Å². The quantitative estimate of drug-likeness (QED) is 0.873. The van der Waals surface area contributed by atoms with Crippen LogP contribution in [0, 0.1) is 6.92 Å². The Morgan fingerprint density at radius 3 is 2.48 bits per heavy atom. The molecule has 0 saturated heterocycles. The van der Waals surface area contributed by atoms with Crippen molar-refractivity contribution in [1.82, 2.24) is 20.3 Å². The molecule has 1 amide bonds. The largest absolute Gasteiger partial charge is 0.476 e. The minimum absolute atomic E-state index is 0.0757. The molecule has 0 aliphatic heterocycles. The maximum atomic E-state index is 12.1. The van der Waals surface area contributed by atoms with Crippen LogP contribution in [0.2, 0.25) is 0 Å². The minimum atomic E-state index is -1.18. The molecule has 0 aliphatic rings. The molecule has 2 aromatic heterocycles. The van der Waals surface area contributed by atoms with Gasteiger partial charge in [-0.3, -0.25) is 4.79 Å². The van der Waals surface area contributed by atoms with Gasteiger partial charge in [-0.2, -0.15) is 0 Å². The second-order valence-electron chi connectivity index (χ2n) is 4.35. The Morgan fingerprint density at radius 2 is 2.00 bits per heavy atom. The number of carboxylic acid groups (broad SMARTS) is 1. The number of hydrogen-bond donors (Lipinski definition) is 2. The van der Waals surface area contributed by atoms with E-state index in [0.717, 1.165) is 23.1 Å². The third-order valence-electron chi connectivity index (χ3n) is 2.75. The summed E-state index contributed by atoms with van der Waals surface area (Å²) in [5.74, 6) is -1.58. The number of nitrogens with one attached hydrogen (secondary N) is 1. The number of amides is 1. The number of aromatic carboxylic acids is 1. The molecule has 7 nitrogen and oxygen atoms in total. The summed E-state index contributed by atoms with van der Waals surface area (Å²) in [6, 6.07) is -0.197. The Morgan fingerprint density at radius 1 is 1.33 bits per heavy atom. The highest BCUT2D eigenvalue weighted by molar-refractivity contribution is 7.09. The average molecular weight is 306 g/mol. The summed E-state index contributed by atoms with van der Waals surface area (Å²) in [4.78, 5) is 34.6. The van der Waals surface area contributed by atoms with Gasteiger partial charge in [0.1, 0.15) is 10.7 Å². The molecule has 2 N–H and O–H groups in total. The molecular formula is C13H14N4O3S. The summed E-state index contributed by atoms with van der Waals surface area (Å²) < 4.78 is 0. The van der Waals surface area contributed by atoms with Gasteiger partial charge in [0, 0.05) is 11.1 Å². The Kier molecular flexibility index (Phi) is 4.59. The van der Waals surface area contributed by atoms with Gasteiger partial charge in [-0.25, -0.2) is 19.7 Å². The lowest BCUT2D eigenvalue weighted by Gasteiger charge is -2.13. The molecule has 0 saturated carbocycles. The minimum Gasteiger partial charge on any atom is -0.476 e. The summed E-state index contributed by atoms with van der Waals surface area (Å²) in [5.41, 5.74) is 0.786. The molecule has 0 radical (unpaired) electrons. The first-order chi connectivity index (χ1) is 10.0.